The summed E-state index contributed by atoms with van der Waals surface area (Å²) in [6, 6.07) is 14.3. The van der Waals surface area contributed by atoms with E-state index in [9.17, 15) is 9.59 Å². The van der Waals surface area contributed by atoms with Gasteiger partial charge < -0.3 is 9.47 Å². The van der Waals surface area contributed by atoms with Crippen molar-refractivity contribution in [3.8, 4) is 5.75 Å². The Balaban J connectivity index is 1.85. The van der Waals surface area contributed by atoms with Crippen LogP contribution in [0.25, 0.3) is 6.08 Å². The van der Waals surface area contributed by atoms with Crippen molar-refractivity contribution < 1.29 is 19.1 Å². The summed E-state index contributed by atoms with van der Waals surface area (Å²) in [6.45, 7) is 2.23. The van der Waals surface area contributed by atoms with Gasteiger partial charge in [0.2, 0.25) is 0 Å². The van der Waals surface area contributed by atoms with Crippen molar-refractivity contribution in [1.82, 2.24) is 0 Å². The van der Waals surface area contributed by atoms with Gasteiger partial charge in [-0.3, -0.25) is 4.79 Å². The lowest BCUT2D eigenvalue weighted by molar-refractivity contribution is -0.136. The number of ether oxygens (including phenoxy) is 2. The number of ketones is 1. The molecule has 0 aliphatic heterocycles. The molecule has 0 spiro atoms. The fraction of sp³-hybridized carbons (Fsp3) is 0.158. The van der Waals surface area contributed by atoms with Gasteiger partial charge in [0.15, 0.2) is 12.4 Å². The molecule has 0 aromatic heterocycles. The molecule has 0 saturated heterocycles. The molecule has 4 nitrogen and oxygen atoms in total. The van der Waals surface area contributed by atoms with Crippen LogP contribution in [0.3, 0.4) is 0 Å². The molecule has 0 fully saturated rings. The maximum Gasteiger partial charge on any atom is 0.331 e. The molecule has 2 rings (SSSR count). The Bertz CT molecular complexity index is 735. The predicted molar refractivity (Wildman–Crippen MR) is 96.1 cm³/mol. The average molecular weight is 389 g/mol. The molecule has 0 heterocycles. The third kappa shape index (κ3) is 5.66. The van der Waals surface area contributed by atoms with Crippen LogP contribution >= 0.6 is 15.9 Å². The molecule has 0 saturated carbocycles. The van der Waals surface area contributed by atoms with Crippen LogP contribution in [0.1, 0.15) is 22.8 Å². The monoisotopic (exact) mass is 388 g/mol. The third-order valence-corrected chi connectivity index (χ3v) is 3.59. The summed E-state index contributed by atoms with van der Waals surface area (Å²) in [7, 11) is 0. The first-order valence-corrected chi connectivity index (χ1v) is 8.24. The summed E-state index contributed by atoms with van der Waals surface area (Å²) in [6.07, 6.45) is 2.92. The number of carbonyl (C=O) groups is 2. The highest BCUT2D eigenvalue weighted by atomic mass is 79.9. The summed E-state index contributed by atoms with van der Waals surface area (Å²) in [5, 5.41) is 0. The molecule has 0 aliphatic rings. The number of hydrogen-bond acceptors (Lipinski definition) is 4. The molecular formula is C19H17BrO4. The van der Waals surface area contributed by atoms with Gasteiger partial charge in [-0.1, -0.05) is 40.2 Å². The highest BCUT2D eigenvalue weighted by molar-refractivity contribution is 9.10. The van der Waals surface area contributed by atoms with Crippen molar-refractivity contribution in [2.24, 2.45) is 0 Å². The zero-order valence-corrected chi connectivity index (χ0v) is 14.8. The van der Waals surface area contributed by atoms with E-state index >= 15 is 0 Å². The van der Waals surface area contributed by atoms with Crippen LogP contribution in [0.15, 0.2) is 59.1 Å². The van der Waals surface area contributed by atoms with E-state index in [0.29, 0.717) is 12.2 Å². The summed E-state index contributed by atoms with van der Waals surface area (Å²) in [4.78, 5) is 23.6. The van der Waals surface area contributed by atoms with E-state index < -0.39 is 5.97 Å². The molecule has 124 valence electrons. The second-order valence-electron chi connectivity index (χ2n) is 4.88. The van der Waals surface area contributed by atoms with Gasteiger partial charge in [0.1, 0.15) is 5.75 Å². The van der Waals surface area contributed by atoms with E-state index in [1.165, 1.54) is 6.08 Å². The first-order chi connectivity index (χ1) is 11.6. The quantitative estimate of drug-likeness (QED) is 0.403. The minimum Gasteiger partial charge on any atom is -0.494 e. The van der Waals surface area contributed by atoms with Crippen LogP contribution < -0.4 is 4.74 Å². The molecule has 0 bridgehead atoms. The number of carbonyl (C=O) groups excluding carboxylic acids is 2. The summed E-state index contributed by atoms with van der Waals surface area (Å²) in [5.41, 5.74) is 1.33. The lowest BCUT2D eigenvalue weighted by Gasteiger charge is -2.03. The van der Waals surface area contributed by atoms with Crippen molar-refractivity contribution in [2.75, 3.05) is 13.2 Å². The SMILES string of the molecule is CCOc1ccc(/C=C/C(=O)OCC(=O)c2cccc(Br)c2)cc1. The Hall–Kier alpha value is -2.40. The fourth-order valence-corrected chi connectivity index (χ4v) is 2.34. The fourth-order valence-electron chi connectivity index (χ4n) is 1.94. The van der Waals surface area contributed by atoms with Gasteiger partial charge in [0.05, 0.1) is 6.61 Å². The number of benzene rings is 2. The Morgan fingerprint density at radius 3 is 2.54 bits per heavy atom. The van der Waals surface area contributed by atoms with Gasteiger partial charge in [-0.2, -0.15) is 0 Å². The first kappa shape index (κ1) is 17.9. The van der Waals surface area contributed by atoms with E-state index in [2.05, 4.69) is 15.9 Å². The number of Topliss-reactive ketones (excluding diaryl/α,β-unsaturated/α-hetero) is 1. The molecule has 0 aliphatic carbocycles. The van der Waals surface area contributed by atoms with E-state index in [-0.39, 0.29) is 12.4 Å². The smallest absolute Gasteiger partial charge is 0.331 e. The lowest BCUT2D eigenvalue weighted by atomic mass is 10.1. The molecule has 24 heavy (non-hydrogen) atoms. The topological polar surface area (TPSA) is 52.6 Å². The van der Waals surface area contributed by atoms with Gasteiger partial charge in [0, 0.05) is 16.1 Å². The Morgan fingerprint density at radius 1 is 1.12 bits per heavy atom. The number of hydrogen-bond donors (Lipinski definition) is 0. The normalized spacial score (nSPS) is 10.6. The van der Waals surface area contributed by atoms with Crippen LogP contribution in [0.2, 0.25) is 0 Å². The Labute approximate surface area is 149 Å². The average Bonchev–Trinajstić information content (AvgIpc) is 2.59. The van der Waals surface area contributed by atoms with E-state index in [4.69, 9.17) is 9.47 Å². The van der Waals surface area contributed by atoms with Crippen LogP contribution in [0.5, 0.6) is 5.75 Å². The van der Waals surface area contributed by atoms with Crippen molar-refractivity contribution in [2.45, 2.75) is 6.92 Å². The highest BCUT2D eigenvalue weighted by Crippen LogP contribution is 2.14. The maximum absolute atomic E-state index is 11.9. The summed E-state index contributed by atoms with van der Waals surface area (Å²) >= 11 is 3.30. The van der Waals surface area contributed by atoms with Crippen molar-refractivity contribution in [3.05, 3.63) is 70.2 Å². The van der Waals surface area contributed by atoms with Crippen molar-refractivity contribution >= 4 is 33.8 Å². The Morgan fingerprint density at radius 2 is 1.88 bits per heavy atom. The van der Waals surface area contributed by atoms with Gasteiger partial charge in [-0.05, 0) is 42.8 Å². The van der Waals surface area contributed by atoms with Crippen LogP contribution in [-0.4, -0.2) is 25.0 Å². The van der Waals surface area contributed by atoms with Crippen molar-refractivity contribution in [1.29, 1.82) is 0 Å². The second-order valence-corrected chi connectivity index (χ2v) is 5.79. The number of rotatable bonds is 7. The first-order valence-electron chi connectivity index (χ1n) is 7.45. The third-order valence-electron chi connectivity index (χ3n) is 3.10. The second kappa shape index (κ2) is 9.03. The largest absolute Gasteiger partial charge is 0.494 e. The van der Waals surface area contributed by atoms with E-state index in [1.807, 2.05) is 37.3 Å². The molecule has 0 unspecified atom stereocenters. The highest BCUT2D eigenvalue weighted by Gasteiger charge is 2.08. The summed E-state index contributed by atoms with van der Waals surface area (Å²) in [5.74, 6) is -0.0387. The minimum absolute atomic E-state index is 0.251. The molecule has 0 atom stereocenters. The van der Waals surface area contributed by atoms with Gasteiger partial charge in [0.25, 0.3) is 0 Å². The molecule has 0 amide bonds. The molecule has 5 heteroatoms. The van der Waals surface area contributed by atoms with Gasteiger partial charge in [-0.25, -0.2) is 4.79 Å². The van der Waals surface area contributed by atoms with Gasteiger partial charge >= 0.3 is 5.97 Å². The lowest BCUT2D eigenvalue weighted by Crippen LogP contribution is -2.12. The maximum atomic E-state index is 11.9. The zero-order valence-electron chi connectivity index (χ0n) is 13.2. The molecule has 2 aromatic carbocycles. The standard InChI is InChI=1S/C19H17BrO4/c1-2-23-17-9-6-14(7-10-17)8-11-19(22)24-13-18(21)15-4-3-5-16(20)12-15/h3-12H,2,13H2,1H3/b11-8+. The Kier molecular flexibility index (Phi) is 6.75. The van der Waals surface area contributed by atoms with Crippen LogP contribution in [0.4, 0.5) is 0 Å². The molecule has 2 aromatic rings. The van der Waals surface area contributed by atoms with Crippen molar-refractivity contribution in [3.63, 3.8) is 0 Å². The molecular weight excluding hydrogens is 372 g/mol. The van der Waals surface area contributed by atoms with Crippen LogP contribution in [-0.2, 0) is 9.53 Å². The molecule has 0 radical (unpaired) electrons. The van der Waals surface area contributed by atoms with Gasteiger partial charge in [-0.15, -0.1) is 0 Å². The van der Waals surface area contributed by atoms with E-state index in [1.54, 1.807) is 24.3 Å². The number of halogens is 1. The van der Waals surface area contributed by atoms with Crippen LogP contribution in [0, 0.1) is 0 Å². The van der Waals surface area contributed by atoms with E-state index in [0.717, 1.165) is 15.8 Å². The minimum atomic E-state index is -0.563. The molecule has 0 N–H and O–H groups in total. The predicted octanol–water partition coefficient (Wildman–Crippen LogP) is 4.29. The summed E-state index contributed by atoms with van der Waals surface area (Å²) < 4.78 is 11.1. The zero-order chi connectivity index (χ0) is 17.4. The number of esters is 1.